The molecule has 3 N–H and O–H groups in total. The average molecular weight is 304 g/mol. The molecule has 21 heavy (non-hydrogen) atoms. The number of amides is 1. The average Bonchev–Trinajstić information content (AvgIpc) is 2.49. The van der Waals surface area contributed by atoms with Crippen molar-refractivity contribution < 1.29 is 4.79 Å². The van der Waals surface area contributed by atoms with Gasteiger partial charge in [-0.05, 0) is 37.3 Å². The van der Waals surface area contributed by atoms with Crippen LogP contribution in [-0.4, -0.2) is 19.0 Å². The van der Waals surface area contributed by atoms with E-state index in [1.807, 2.05) is 42.2 Å². The van der Waals surface area contributed by atoms with E-state index in [0.29, 0.717) is 16.4 Å². The second kappa shape index (κ2) is 6.99. The molecule has 0 unspecified atom stereocenters. The molecule has 0 spiro atoms. The van der Waals surface area contributed by atoms with Crippen LogP contribution in [-0.2, 0) is 4.79 Å². The second-order valence-corrected chi connectivity index (χ2v) is 5.04. The van der Waals surface area contributed by atoms with Crippen LogP contribution < -0.4 is 16.0 Å². The van der Waals surface area contributed by atoms with Crippen LogP contribution in [0.1, 0.15) is 6.92 Å². The van der Waals surface area contributed by atoms with E-state index < -0.39 is 0 Å². The summed E-state index contributed by atoms with van der Waals surface area (Å²) in [6, 6.07) is 14.9. The number of hydrogen-bond donors (Lipinski definition) is 2. The smallest absolute Gasteiger partial charge is 0.243 e. The van der Waals surface area contributed by atoms with Gasteiger partial charge in [0.05, 0.1) is 17.3 Å². The van der Waals surface area contributed by atoms with Crippen molar-refractivity contribution in [3.63, 3.8) is 0 Å². The Bertz CT molecular complexity index is 616. The normalized spacial score (nSPS) is 10.2. The van der Waals surface area contributed by atoms with Gasteiger partial charge in [-0.3, -0.25) is 4.79 Å². The van der Waals surface area contributed by atoms with Crippen molar-refractivity contribution in [2.45, 2.75) is 6.92 Å². The van der Waals surface area contributed by atoms with E-state index in [2.05, 4.69) is 5.32 Å². The van der Waals surface area contributed by atoms with E-state index in [1.165, 1.54) is 0 Å². The van der Waals surface area contributed by atoms with Gasteiger partial charge in [-0.15, -0.1) is 0 Å². The second-order valence-electron chi connectivity index (χ2n) is 4.63. The molecular weight excluding hydrogens is 286 g/mol. The summed E-state index contributed by atoms with van der Waals surface area (Å²) in [6.07, 6.45) is 0. The monoisotopic (exact) mass is 303 g/mol. The minimum Gasteiger partial charge on any atom is -0.397 e. The topological polar surface area (TPSA) is 58.4 Å². The molecule has 0 saturated heterocycles. The lowest BCUT2D eigenvalue weighted by Crippen LogP contribution is -2.33. The number of nitrogens with one attached hydrogen (secondary N) is 1. The molecule has 5 heteroatoms. The van der Waals surface area contributed by atoms with Crippen molar-refractivity contribution in [3.05, 3.63) is 53.6 Å². The molecule has 0 atom stereocenters. The summed E-state index contributed by atoms with van der Waals surface area (Å²) in [7, 11) is 0. The van der Waals surface area contributed by atoms with Crippen LogP contribution in [0, 0.1) is 0 Å². The van der Waals surface area contributed by atoms with Crippen molar-refractivity contribution in [2.75, 3.05) is 29.0 Å². The molecule has 0 aromatic heterocycles. The standard InChI is InChI=1S/C16H18ClN3O/c1-2-20(13-6-4-3-5-7-13)11-16(21)19-12-8-9-14(17)15(18)10-12/h3-10H,2,11,18H2,1H3,(H,19,21). The Kier molecular flexibility index (Phi) is 5.06. The fourth-order valence-corrected chi connectivity index (χ4v) is 2.14. The third kappa shape index (κ3) is 4.13. The summed E-state index contributed by atoms with van der Waals surface area (Å²) in [5, 5.41) is 3.30. The third-order valence-corrected chi connectivity index (χ3v) is 3.46. The van der Waals surface area contributed by atoms with Crippen LogP contribution in [0.3, 0.4) is 0 Å². The lowest BCUT2D eigenvalue weighted by atomic mass is 10.2. The quantitative estimate of drug-likeness (QED) is 0.832. The van der Waals surface area contributed by atoms with Crippen molar-refractivity contribution in [1.29, 1.82) is 0 Å². The number of nitrogens with zero attached hydrogens (tertiary/aromatic N) is 1. The van der Waals surface area contributed by atoms with Crippen LogP contribution in [0.25, 0.3) is 0 Å². The van der Waals surface area contributed by atoms with Gasteiger partial charge in [0.2, 0.25) is 5.91 Å². The number of benzene rings is 2. The zero-order valence-corrected chi connectivity index (χ0v) is 12.6. The minimum absolute atomic E-state index is 0.0950. The Morgan fingerprint density at radius 3 is 2.57 bits per heavy atom. The molecule has 1 amide bonds. The number of likely N-dealkylation sites (N-methyl/N-ethyl adjacent to an activating group) is 1. The first-order valence-corrected chi connectivity index (χ1v) is 7.13. The fraction of sp³-hybridized carbons (Fsp3) is 0.188. The first-order chi connectivity index (χ1) is 10.1. The van der Waals surface area contributed by atoms with Crippen molar-refractivity contribution >= 4 is 34.6 Å². The number of carbonyl (C=O) groups excluding carboxylic acids is 1. The number of carbonyl (C=O) groups is 1. The third-order valence-electron chi connectivity index (χ3n) is 3.12. The predicted molar refractivity (Wildman–Crippen MR) is 88.8 cm³/mol. The minimum atomic E-state index is -0.0950. The molecule has 2 aromatic rings. The maximum absolute atomic E-state index is 12.1. The molecule has 0 bridgehead atoms. The van der Waals surface area contributed by atoms with Gasteiger partial charge in [0, 0.05) is 17.9 Å². The molecule has 0 heterocycles. The number of nitrogens with two attached hydrogens (primary N) is 1. The summed E-state index contributed by atoms with van der Waals surface area (Å²) in [6.45, 7) is 3.05. The molecule has 110 valence electrons. The molecule has 0 aliphatic heterocycles. The molecule has 0 saturated carbocycles. The van der Waals surface area contributed by atoms with E-state index in [0.717, 1.165) is 12.2 Å². The van der Waals surface area contributed by atoms with Crippen LogP contribution in [0.15, 0.2) is 48.5 Å². The Morgan fingerprint density at radius 2 is 1.95 bits per heavy atom. The summed E-state index contributed by atoms with van der Waals surface area (Å²) in [5.41, 5.74) is 7.83. The summed E-state index contributed by atoms with van der Waals surface area (Å²) < 4.78 is 0. The fourth-order valence-electron chi connectivity index (χ4n) is 2.02. The largest absolute Gasteiger partial charge is 0.397 e. The van der Waals surface area contributed by atoms with Gasteiger partial charge in [0.25, 0.3) is 0 Å². The van der Waals surface area contributed by atoms with E-state index in [-0.39, 0.29) is 12.5 Å². The molecular formula is C16H18ClN3O. The maximum Gasteiger partial charge on any atom is 0.243 e. The zero-order valence-electron chi connectivity index (χ0n) is 11.8. The molecule has 0 radical (unpaired) electrons. The number of para-hydroxylation sites is 1. The van der Waals surface area contributed by atoms with Gasteiger partial charge in [0.15, 0.2) is 0 Å². The van der Waals surface area contributed by atoms with Crippen LogP contribution in [0.2, 0.25) is 5.02 Å². The highest BCUT2D eigenvalue weighted by atomic mass is 35.5. The Hall–Kier alpha value is -2.20. The van der Waals surface area contributed by atoms with E-state index in [1.54, 1.807) is 18.2 Å². The summed E-state index contributed by atoms with van der Waals surface area (Å²) >= 11 is 5.86. The lowest BCUT2D eigenvalue weighted by molar-refractivity contribution is -0.115. The van der Waals surface area contributed by atoms with Crippen molar-refractivity contribution in [1.82, 2.24) is 0 Å². The predicted octanol–water partition coefficient (Wildman–Crippen LogP) is 3.39. The van der Waals surface area contributed by atoms with E-state index in [4.69, 9.17) is 17.3 Å². The van der Waals surface area contributed by atoms with Gasteiger partial charge in [-0.25, -0.2) is 0 Å². The number of hydrogen-bond acceptors (Lipinski definition) is 3. The SMILES string of the molecule is CCN(CC(=O)Nc1ccc(Cl)c(N)c1)c1ccccc1. The van der Waals surface area contributed by atoms with Crippen LogP contribution in [0.5, 0.6) is 0 Å². The molecule has 0 aliphatic rings. The lowest BCUT2D eigenvalue weighted by Gasteiger charge is -2.22. The number of halogens is 1. The van der Waals surface area contributed by atoms with Gasteiger partial charge in [-0.1, -0.05) is 29.8 Å². The molecule has 0 aliphatic carbocycles. The Morgan fingerprint density at radius 1 is 1.24 bits per heavy atom. The Balaban J connectivity index is 2.01. The first-order valence-electron chi connectivity index (χ1n) is 6.75. The highest BCUT2D eigenvalue weighted by Crippen LogP contribution is 2.22. The number of nitrogen functional groups attached to an aromatic ring is 1. The van der Waals surface area contributed by atoms with Crippen LogP contribution >= 0.6 is 11.6 Å². The summed E-state index contributed by atoms with van der Waals surface area (Å²) in [5.74, 6) is -0.0950. The molecule has 2 aromatic carbocycles. The van der Waals surface area contributed by atoms with Gasteiger partial charge in [-0.2, -0.15) is 0 Å². The molecule has 0 fully saturated rings. The number of anilines is 3. The maximum atomic E-state index is 12.1. The van der Waals surface area contributed by atoms with Crippen molar-refractivity contribution in [3.8, 4) is 0 Å². The first kappa shape index (κ1) is 15.2. The van der Waals surface area contributed by atoms with Gasteiger partial charge in [0.1, 0.15) is 0 Å². The zero-order chi connectivity index (χ0) is 15.2. The van der Waals surface area contributed by atoms with Gasteiger partial charge >= 0.3 is 0 Å². The Labute approximate surface area is 129 Å². The van der Waals surface area contributed by atoms with Crippen LogP contribution in [0.4, 0.5) is 17.1 Å². The highest BCUT2D eigenvalue weighted by molar-refractivity contribution is 6.33. The van der Waals surface area contributed by atoms with E-state index in [9.17, 15) is 4.79 Å². The van der Waals surface area contributed by atoms with Gasteiger partial charge < -0.3 is 16.0 Å². The highest BCUT2D eigenvalue weighted by Gasteiger charge is 2.10. The summed E-state index contributed by atoms with van der Waals surface area (Å²) in [4.78, 5) is 14.1. The van der Waals surface area contributed by atoms with Crippen molar-refractivity contribution in [2.24, 2.45) is 0 Å². The van der Waals surface area contributed by atoms with E-state index >= 15 is 0 Å². The number of rotatable bonds is 5. The molecule has 2 rings (SSSR count). The molecule has 4 nitrogen and oxygen atoms in total.